The molecule has 0 radical (unpaired) electrons. The third kappa shape index (κ3) is 2.62. The highest BCUT2D eigenvalue weighted by Gasteiger charge is 2.74. The van der Waals surface area contributed by atoms with Gasteiger partial charge in [0, 0.05) is 24.0 Å². The van der Waals surface area contributed by atoms with E-state index in [0.717, 1.165) is 0 Å². The summed E-state index contributed by atoms with van der Waals surface area (Å²) in [6.45, 7) is 3.68. The number of anilines is 1. The van der Waals surface area contributed by atoms with Crippen LogP contribution in [0.5, 0.6) is 0 Å². The van der Waals surface area contributed by atoms with E-state index in [1.807, 2.05) is 6.92 Å². The van der Waals surface area contributed by atoms with Crippen LogP contribution in [0.2, 0.25) is 5.02 Å². The Morgan fingerprint density at radius 1 is 1.34 bits per heavy atom. The van der Waals surface area contributed by atoms with Crippen LogP contribution in [0.15, 0.2) is 18.2 Å². The molecular weight excluding hydrogens is 398 g/mol. The summed E-state index contributed by atoms with van der Waals surface area (Å²) in [7, 11) is 0. The zero-order valence-electron chi connectivity index (χ0n) is 16.1. The van der Waals surface area contributed by atoms with Crippen molar-refractivity contribution in [3.05, 3.63) is 28.8 Å². The summed E-state index contributed by atoms with van der Waals surface area (Å²) in [5.74, 6) is -4.04. The van der Waals surface area contributed by atoms with Gasteiger partial charge >= 0.3 is 0 Å². The second-order valence-corrected chi connectivity index (χ2v) is 8.44. The predicted octanol–water partition coefficient (Wildman–Crippen LogP) is -0.637. The molecule has 2 fully saturated rings. The summed E-state index contributed by atoms with van der Waals surface area (Å²) in [6, 6.07) is 4.25. The number of hydrogen-bond donors (Lipinski definition) is 2. The molecule has 0 aliphatic carbocycles. The molecule has 3 heterocycles. The Morgan fingerprint density at radius 2 is 2.07 bits per heavy atom. The molecular formula is C20H22ClN3O5. The Morgan fingerprint density at radius 3 is 2.72 bits per heavy atom. The van der Waals surface area contributed by atoms with E-state index in [-0.39, 0.29) is 30.7 Å². The fourth-order valence-corrected chi connectivity index (χ4v) is 5.36. The molecule has 2 saturated heterocycles. The minimum Gasteiger partial charge on any atom is -0.550 e. The third-order valence-electron chi connectivity index (χ3n) is 6.60. The minimum absolute atomic E-state index is 0.127. The van der Waals surface area contributed by atoms with Crippen LogP contribution in [-0.4, -0.2) is 40.7 Å². The van der Waals surface area contributed by atoms with Gasteiger partial charge in [-0.2, -0.15) is 0 Å². The first kappa shape index (κ1) is 19.8. The Labute approximate surface area is 172 Å². The number of carbonyl (C=O) groups is 4. The van der Waals surface area contributed by atoms with Gasteiger partial charge < -0.3 is 20.5 Å². The summed E-state index contributed by atoms with van der Waals surface area (Å²) >= 11 is 6.27. The van der Waals surface area contributed by atoms with E-state index in [4.69, 9.17) is 11.6 Å². The minimum atomic E-state index is -1.34. The number of benzene rings is 1. The van der Waals surface area contributed by atoms with Crippen molar-refractivity contribution in [3.8, 4) is 0 Å². The highest BCUT2D eigenvalue weighted by molar-refractivity contribution is 6.35. The number of nitrogens with one attached hydrogen (secondary N) is 1. The average Bonchev–Trinajstić information content (AvgIpc) is 3.26. The molecule has 9 heteroatoms. The molecule has 4 rings (SSSR count). The maximum Gasteiger partial charge on any atom is 0.291 e. The van der Waals surface area contributed by atoms with Crippen LogP contribution in [0.3, 0.4) is 0 Å². The molecule has 3 N–H and O–H groups in total. The van der Waals surface area contributed by atoms with Crippen LogP contribution < -0.4 is 15.7 Å². The van der Waals surface area contributed by atoms with E-state index in [1.54, 1.807) is 30.4 Å². The Hall–Kier alpha value is -2.45. The summed E-state index contributed by atoms with van der Waals surface area (Å²) in [4.78, 5) is 52.2. The van der Waals surface area contributed by atoms with Gasteiger partial charge in [-0.25, -0.2) is 0 Å². The number of fused-ring (bicyclic) bond motifs is 4. The number of amides is 3. The standard InChI is InChI=1S/C20H22ClN3O5/c1-3-9(2)24-17(27)14-12(7-8-13(25)26)23-20(15(14)18(24)28)10-5-4-6-11(21)16(10)22-19(20)29/h4-6,9,12,14-15,23H,3,7-8H2,1-2H3,(H,22,29)(H,25,26)/t9-,12-,14+,15-,20+/m0/s1. The zero-order chi connectivity index (χ0) is 21.1. The lowest BCUT2D eigenvalue weighted by Gasteiger charge is -2.28. The van der Waals surface area contributed by atoms with Gasteiger partial charge in [-0.15, -0.1) is 0 Å². The smallest absolute Gasteiger partial charge is 0.291 e. The third-order valence-corrected chi connectivity index (χ3v) is 6.92. The molecule has 5 atom stereocenters. The Bertz CT molecular complexity index is 935. The lowest BCUT2D eigenvalue weighted by Crippen LogP contribution is -2.99. The van der Waals surface area contributed by atoms with Gasteiger partial charge in [-0.1, -0.05) is 24.6 Å². The molecule has 3 aliphatic rings. The first-order valence-electron chi connectivity index (χ1n) is 9.77. The van der Waals surface area contributed by atoms with E-state index < -0.39 is 35.3 Å². The van der Waals surface area contributed by atoms with Crippen molar-refractivity contribution < 1.29 is 29.6 Å². The Kier molecular flexibility index (Phi) is 4.66. The van der Waals surface area contributed by atoms with E-state index >= 15 is 0 Å². The van der Waals surface area contributed by atoms with Crippen molar-refractivity contribution in [2.24, 2.45) is 11.8 Å². The summed E-state index contributed by atoms with van der Waals surface area (Å²) in [6.07, 6.45) is 0.461. The number of quaternary nitrogens is 1. The quantitative estimate of drug-likeness (QED) is 0.615. The lowest BCUT2D eigenvalue weighted by molar-refractivity contribution is -0.734. The van der Waals surface area contributed by atoms with Gasteiger partial charge in [0.15, 0.2) is 0 Å². The van der Waals surface area contributed by atoms with Crippen molar-refractivity contribution in [1.82, 2.24) is 4.90 Å². The number of carboxylic acid groups (broad SMARTS) is 1. The molecule has 1 spiro atoms. The fraction of sp³-hybridized carbons (Fsp3) is 0.500. The van der Waals surface area contributed by atoms with Gasteiger partial charge in [-0.05, 0) is 31.9 Å². The number of imide groups is 1. The number of aliphatic carboxylic acids is 1. The van der Waals surface area contributed by atoms with Crippen molar-refractivity contribution in [2.75, 3.05) is 5.32 Å². The van der Waals surface area contributed by atoms with Crippen molar-refractivity contribution >= 4 is 41.0 Å². The number of halogens is 1. The number of rotatable bonds is 5. The first-order valence-corrected chi connectivity index (χ1v) is 10.1. The molecule has 0 bridgehead atoms. The van der Waals surface area contributed by atoms with Crippen molar-refractivity contribution in [2.45, 2.75) is 50.7 Å². The number of nitrogens with two attached hydrogens (primary N) is 1. The van der Waals surface area contributed by atoms with Crippen molar-refractivity contribution in [3.63, 3.8) is 0 Å². The van der Waals surface area contributed by atoms with Gasteiger partial charge in [0.1, 0.15) is 17.9 Å². The number of likely N-dealkylation sites (tertiary alicyclic amines) is 1. The molecule has 29 heavy (non-hydrogen) atoms. The SMILES string of the molecule is CC[C@H](C)N1C(=O)[C@@H]2[C@H](CCC(=O)[O-])[NH2+][C@@]3(C(=O)Nc4c(Cl)cccc43)[C@@H]2C1=O. The topological polar surface area (TPSA) is 123 Å². The monoisotopic (exact) mass is 419 g/mol. The molecule has 154 valence electrons. The number of para-hydroxylation sites is 1. The van der Waals surface area contributed by atoms with Crippen LogP contribution in [0.1, 0.15) is 38.7 Å². The molecule has 0 aromatic heterocycles. The van der Waals surface area contributed by atoms with Crippen LogP contribution >= 0.6 is 11.6 Å². The molecule has 3 aliphatic heterocycles. The largest absolute Gasteiger partial charge is 0.550 e. The normalized spacial score (nSPS) is 31.2. The highest BCUT2D eigenvalue weighted by Crippen LogP contribution is 2.51. The van der Waals surface area contributed by atoms with Crippen LogP contribution in [0.4, 0.5) is 5.69 Å². The second kappa shape index (κ2) is 6.81. The second-order valence-electron chi connectivity index (χ2n) is 8.03. The number of carboxylic acids is 1. The molecule has 3 amide bonds. The fourth-order valence-electron chi connectivity index (χ4n) is 5.14. The number of nitrogens with zero attached hydrogens (tertiary/aromatic N) is 1. The molecule has 0 saturated carbocycles. The number of carbonyl (C=O) groups excluding carboxylic acids is 4. The zero-order valence-corrected chi connectivity index (χ0v) is 16.9. The van der Waals surface area contributed by atoms with Crippen molar-refractivity contribution in [1.29, 1.82) is 0 Å². The highest BCUT2D eigenvalue weighted by atomic mass is 35.5. The van der Waals surface area contributed by atoms with E-state index in [2.05, 4.69) is 5.32 Å². The van der Waals surface area contributed by atoms with E-state index in [0.29, 0.717) is 22.7 Å². The maximum absolute atomic E-state index is 13.4. The summed E-state index contributed by atoms with van der Waals surface area (Å²) < 4.78 is 0. The van der Waals surface area contributed by atoms with E-state index in [9.17, 15) is 24.3 Å². The Balaban J connectivity index is 1.86. The lowest BCUT2D eigenvalue weighted by atomic mass is 9.76. The molecule has 0 unspecified atom stereocenters. The van der Waals surface area contributed by atoms with Gasteiger partial charge in [0.05, 0.1) is 10.7 Å². The van der Waals surface area contributed by atoms with Crippen LogP contribution in [0, 0.1) is 11.8 Å². The number of hydrogen-bond acceptors (Lipinski definition) is 5. The molecule has 1 aromatic carbocycles. The summed E-state index contributed by atoms with van der Waals surface area (Å²) in [5.41, 5.74) is -0.332. The average molecular weight is 420 g/mol. The predicted molar refractivity (Wildman–Crippen MR) is 100 cm³/mol. The molecule has 1 aromatic rings. The van der Waals surface area contributed by atoms with Crippen LogP contribution in [-0.2, 0) is 24.7 Å². The summed E-state index contributed by atoms with van der Waals surface area (Å²) in [5, 5.41) is 15.9. The van der Waals surface area contributed by atoms with E-state index in [1.165, 1.54) is 4.90 Å². The van der Waals surface area contributed by atoms with Crippen LogP contribution in [0.25, 0.3) is 0 Å². The van der Waals surface area contributed by atoms with Gasteiger partial charge in [-0.3, -0.25) is 19.3 Å². The first-order chi connectivity index (χ1) is 13.7. The van der Waals surface area contributed by atoms with Gasteiger partial charge in [0.2, 0.25) is 17.4 Å². The molecule has 8 nitrogen and oxygen atoms in total. The maximum atomic E-state index is 13.4. The van der Waals surface area contributed by atoms with Gasteiger partial charge in [0.25, 0.3) is 5.91 Å².